The topological polar surface area (TPSA) is 25.2 Å². The highest BCUT2D eigenvalue weighted by Crippen LogP contribution is 2.41. The number of pyridine rings is 1. The summed E-state index contributed by atoms with van der Waals surface area (Å²) in [6.45, 7) is 8.07. The van der Waals surface area contributed by atoms with Crippen molar-refractivity contribution in [2.24, 2.45) is 4.99 Å². The van der Waals surface area contributed by atoms with Crippen LogP contribution in [-0.4, -0.2) is 11.7 Å². The van der Waals surface area contributed by atoms with E-state index in [9.17, 15) is 0 Å². The predicted molar refractivity (Wildman–Crippen MR) is 133 cm³/mol. The molecule has 0 saturated carbocycles. The molecule has 2 nitrogen and oxygen atoms in total. The first kappa shape index (κ1) is 20.5. The van der Waals surface area contributed by atoms with Crippen LogP contribution in [0.5, 0.6) is 0 Å². The van der Waals surface area contributed by atoms with Crippen LogP contribution in [0.1, 0.15) is 25.1 Å². The highest BCUT2D eigenvalue weighted by atomic mass is 14.8. The van der Waals surface area contributed by atoms with E-state index in [1.807, 2.05) is 37.3 Å². The summed E-state index contributed by atoms with van der Waals surface area (Å²) in [5.74, 6) is 0. The fourth-order valence-corrected chi connectivity index (χ4v) is 4.03. The van der Waals surface area contributed by atoms with E-state index < -0.39 is 5.41 Å². The second-order valence-corrected chi connectivity index (χ2v) is 7.67. The van der Waals surface area contributed by atoms with Crippen LogP contribution in [0.2, 0.25) is 0 Å². The van der Waals surface area contributed by atoms with Gasteiger partial charge in [0.25, 0.3) is 0 Å². The summed E-state index contributed by atoms with van der Waals surface area (Å²) >= 11 is 0. The third-order valence-electron chi connectivity index (χ3n) is 5.78. The monoisotopic (exact) mass is 402 g/mol. The lowest BCUT2D eigenvalue weighted by Gasteiger charge is -2.31. The zero-order valence-corrected chi connectivity index (χ0v) is 18.0. The van der Waals surface area contributed by atoms with Crippen LogP contribution in [0.3, 0.4) is 0 Å². The minimum atomic E-state index is -0.559. The summed E-state index contributed by atoms with van der Waals surface area (Å²) in [5, 5.41) is 2.29. The molecule has 4 aromatic rings. The lowest BCUT2D eigenvalue weighted by atomic mass is 9.75. The van der Waals surface area contributed by atoms with Gasteiger partial charge in [-0.05, 0) is 43.7 Å². The molecule has 1 atom stereocenters. The maximum absolute atomic E-state index is 5.24. The van der Waals surface area contributed by atoms with Crippen molar-refractivity contribution in [3.05, 3.63) is 126 Å². The highest BCUT2D eigenvalue weighted by molar-refractivity contribution is 5.95. The van der Waals surface area contributed by atoms with Gasteiger partial charge in [-0.15, -0.1) is 0 Å². The van der Waals surface area contributed by atoms with Crippen molar-refractivity contribution in [3.8, 4) is 11.3 Å². The number of hydrogen-bond donors (Lipinski definition) is 0. The quantitative estimate of drug-likeness (QED) is 0.244. The van der Waals surface area contributed by atoms with Crippen LogP contribution in [0, 0.1) is 0 Å². The summed E-state index contributed by atoms with van der Waals surface area (Å²) in [6, 6.07) is 31.4. The van der Waals surface area contributed by atoms with E-state index in [1.165, 1.54) is 0 Å². The van der Waals surface area contributed by atoms with Crippen molar-refractivity contribution in [3.63, 3.8) is 0 Å². The van der Waals surface area contributed by atoms with Crippen LogP contribution in [0.15, 0.2) is 120 Å². The van der Waals surface area contributed by atoms with Crippen LogP contribution < -0.4 is 0 Å². The molecule has 0 amide bonds. The number of nitrogens with zero attached hydrogens (tertiary/aromatic N) is 2. The molecule has 1 unspecified atom stereocenters. The van der Waals surface area contributed by atoms with Gasteiger partial charge in [0, 0.05) is 10.9 Å². The van der Waals surface area contributed by atoms with Crippen LogP contribution in [0.4, 0.5) is 0 Å². The standard InChI is InChI=1S/C29H26N2/c1-4-5-20-26(30-3)29(2,24-17-10-7-11-18-24)27-21-23-16-12-13-19-25(23)28(31-27)22-14-8-6-9-15-22/h4-21H,3H2,1-2H3/b5-4-,26-20-. The molecular formula is C29H26N2. The Kier molecular flexibility index (Phi) is 5.90. The van der Waals surface area contributed by atoms with Crippen molar-refractivity contribution in [2.75, 3.05) is 0 Å². The Balaban J connectivity index is 2.07. The Morgan fingerprint density at radius 1 is 0.903 bits per heavy atom. The van der Waals surface area contributed by atoms with Gasteiger partial charge in [-0.2, -0.15) is 0 Å². The first-order valence-corrected chi connectivity index (χ1v) is 10.5. The van der Waals surface area contributed by atoms with E-state index in [0.717, 1.165) is 39.0 Å². The van der Waals surface area contributed by atoms with Gasteiger partial charge in [-0.3, -0.25) is 9.98 Å². The molecule has 0 radical (unpaired) electrons. The second kappa shape index (κ2) is 8.93. The summed E-state index contributed by atoms with van der Waals surface area (Å²) in [6.07, 6.45) is 6.03. The number of rotatable bonds is 6. The Morgan fingerprint density at radius 3 is 2.23 bits per heavy atom. The molecule has 0 bridgehead atoms. The molecule has 0 N–H and O–H groups in total. The SMILES string of the molecule is C=N/C(=C\C=C/C)C(C)(c1ccccc1)c1cc2ccccc2c(-c2ccccc2)n1. The molecule has 0 fully saturated rings. The Hall–Kier alpha value is -3.78. The smallest absolute Gasteiger partial charge is 0.0784 e. The minimum Gasteiger partial charge on any atom is -0.268 e. The lowest BCUT2D eigenvalue weighted by Crippen LogP contribution is -2.27. The van der Waals surface area contributed by atoms with Crippen molar-refractivity contribution >= 4 is 17.5 Å². The Morgan fingerprint density at radius 2 is 1.55 bits per heavy atom. The largest absolute Gasteiger partial charge is 0.268 e. The zero-order chi connectivity index (χ0) is 21.7. The molecule has 0 saturated heterocycles. The van der Waals surface area contributed by atoms with Crippen LogP contribution in [0.25, 0.3) is 22.0 Å². The first-order chi connectivity index (χ1) is 15.2. The number of aliphatic imine (C=N–C) groups is 1. The average molecular weight is 403 g/mol. The molecule has 1 aromatic heterocycles. The van der Waals surface area contributed by atoms with E-state index in [4.69, 9.17) is 4.98 Å². The van der Waals surface area contributed by atoms with E-state index in [-0.39, 0.29) is 0 Å². The van der Waals surface area contributed by atoms with Crippen LogP contribution in [-0.2, 0) is 5.41 Å². The summed E-state index contributed by atoms with van der Waals surface area (Å²) in [7, 11) is 0. The van der Waals surface area contributed by atoms with Crippen molar-refractivity contribution < 1.29 is 0 Å². The number of fused-ring (bicyclic) bond motifs is 1. The maximum Gasteiger partial charge on any atom is 0.0784 e. The number of hydrogen-bond acceptors (Lipinski definition) is 2. The third kappa shape index (κ3) is 3.85. The Bertz CT molecular complexity index is 1250. The third-order valence-corrected chi connectivity index (χ3v) is 5.78. The summed E-state index contributed by atoms with van der Waals surface area (Å²) in [5.41, 5.74) is 4.44. The zero-order valence-electron chi connectivity index (χ0n) is 18.0. The van der Waals surface area contributed by atoms with Gasteiger partial charge < -0.3 is 0 Å². The van der Waals surface area contributed by atoms with Gasteiger partial charge in [-0.1, -0.05) is 97.1 Å². The van der Waals surface area contributed by atoms with E-state index in [0.29, 0.717) is 0 Å². The lowest BCUT2D eigenvalue weighted by molar-refractivity contribution is 0.644. The molecule has 0 aliphatic carbocycles. The van der Waals surface area contributed by atoms with Crippen LogP contribution >= 0.6 is 0 Å². The number of aromatic nitrogens is 1. The maximum atomic E-state index is 5.24. The van der Waals surface area contributed by atoms with Gasteiger partial charge in [-0.25, -0.2) is 0 Å². The molecule has 3 aromatic carbocycles. The normalized spacial score (nSPS) is 13.9. The molecule has 0 aliphatic heterocycles. The molecule has 0 aliphatic rings. The molecular weight excluding hydrogens is 376 g/mol. The fraction of sp³-hybridized carbons (Fsp3) is 0.103. The highest BCUT2D eigenvalue weighted by Gasteiger charge is 2.35. The van der Waals surface area contributed by atoms with Gasteiger partial charge in [0.1, 0.15) is 0 Å². The molecule has 4 rings (SSSR count). The second-order valence-electron chi connectivity index (χ2n) is 7.67. The number of allylic oxidation sites excluding steroid dienone is 4. The molecule has 152 valence electrons. The van der Waals surface area contributed by atoms with Gasteiger partial charge >= 0.3 is 0 Å². The summed E-state index contributed by atoms with van der Waals surface area (Å²) < 4.78 is 0. The molecule has 0 spiro atoms. The van der Waals surface area contributed by atoms with Crippen molar-refractivity contribution in [1.29, 1.82) is 0 Å². The van der Waals surface area contributed by atoms with Crippen molar-refractivity contribution in [1.82, 2.24) is 4.98 Å². The minimum absolute atomic E-state index is 0.559. The molecule has 2 heteroatoms. The molecule has 31 heavy (non-hydrogen) atoms. The van der Waals surface area contributed by atoms with Gasteiger partial charge in [0.15, 0.2) is 0 Å². The molecule has 1 heterocycles. The Labute approximate surface area is 184 Å². The first-order valence-electron chi connectivity index (χ1n) is 10.5. The van der Waals surface area contributed by atoms with E-state index >= 15 is 0 Å². The van der Waals surface area contributed by atoms with E-state index in [1.54, 1.807) is 0 Å². The van der Waals surface area contributed by atoms with Gasteiger partial charge in [0.2, 0.25) is 0 Å². The number of benzene rings is 3. The predicted octanol–water partition coefficient (Wildman–Crippen LogP) is 7.37. The van der Waals surface area contributed by atoms with E-state index in [2.05, 4.69) is 97.5 Å². The summed E-state index contributed by atoms with van der Waals surface area (Å²) in [4.78, 5) is 9.70. The van der Waals surface area contributed by atoms with Crippen molar-refractivity contribution in [2.45, 2.75) is 19.3 Å². The van der Waals surface area contributed by atoms with Gasteiger partial charge in [0.05, 0.1) is 22.5 Å². The average Bonchev–Trinajstić information content (AvgIpc) is 2.84. The fourth-order valence-electron chi connectivity index (χ4n) is 4.03.